The minimum atomic E-state index is 0.0965. The van der Waals surface area contributed by atoms with Gasteiger partial charge in [0.15, 0.2) is 0 Å². The molecule has 2 heteroatoms. The Morgan fingerprint density at radius 3 is 2.37 bits per heavy atom. The molecule has 0 N–H and O–H groups in total. The topological polar surface area (TPSA) is 26.0 Å². The predicted molar refractivity (Wildman–Crippen MR) is 125 cm³/mol. The van der Waals surface area contributed by atoms with E-state index in [0.29, 0.717) is 0 Å². The normalized spacial score (nSPS) is 12.0. The van der Waals surface area contributed by atoms with Gasteiger partial charge in [-0.2, -0.15) is 0 Å². The van der Waals surface area contributed by atoms with Crippen LogP contribution >= 0.6 is 0 Å². The van der Waals surface area contributed by atoms with Crippen molar-refractivity contribution >= 4 is 21.9 Å². The van der Waals surface area contributed by atoms with Gasteiger partial charge in [0.1, 0.15) is 11.2 Å². The molecule has 0 saturated heterocycles. The van der Waals surface area contributed by atoms with E-state index in [1.165, 1.54) is 16.7 Å². The first-order valence-corrected chi connectivity index (χ1v) is 10.4. The maximum Gasteiger partial charge on any atom is 0.135 e. The van der Waals surface area contributed by atoms with E-state index in [0.717, 1.165) is 39.6 Å². The van der Waals surface area contributed by atoms with Crippen LogP contribution in [0.15, 0.2) is 89.5 Å². The van der Waals surface area contributed by atoms with Crippen LogP contribution in [0.5, 0.6) is 0 Å². The minimum absolute atomic E-state index is 0.0965. The van der Waals surface area contributed by atoms with Gasteiger partial charge in [-0.3, -0.25) is 4.98 Å². The largest absolute Gasteiger partial charge is 0.456 e. The minimum Gasteiger partial charge on any atom is -0.456 e. The Morgan fingerprint density at radius 2 is 1.57 bits per heavy atom. The fraction of sp³-hybridized carbons (Fsp3) is 0.179. The Balaban J connectivity index is 1.55. The van der Waals surface area contributed by atoms with Gasteiger partial charge in [0.2, 0.25) is 0 Å². The molecule has 0 bridgehead atoms. The maximum absolute atomic E-state index is 6.18. The molecule has 3 aromatic carbocycles. The number of benzene rings is 3. The van der Waals surface area contributed by atoms with Gasteiger partial charge in [0, 0.05) is 22.5 Å². The third kappa shape index (κ3) is 3.50. The average Bonchev–Trinajstić information content (AvgIpc) is 3.11. The van der Waals surface area contributed by atoms with Crippen molar-refractivity contribution in [3.63, 3.8) is 0 Å². The Morgan fingerprint density at radius 1 is 0.733 bits per heavy atom. The van der Waals surface area contributed by atoms with Crippen molar-refractivity contribution in [3.05, 3.63) is 102 Å². The summed E-state index contributed by atoms with van der Waals surface area (Å²) in [6.07, 6.45) is 2.81. The molecule has 0 radical (unpaired) electrons. The second-order valence-electron chi connectivity index (χ2n) is 8.99. The van der Waals surface area contributed by atoms with Crippen molar-refractivity contribution in [2.75, 3.05) is 0 Å². The van der Waals surface area contributed by atoms with Crippen LogP contribution in [0.25, 0.3) is 33.2 Å². The highest BCUT2D eigenvalue weighted by atomic mass is 16.3. The summed E-state index contributed by atoms with van der Waals surface area (Å²) in [6, 6.07) is 27.8. The van der Waals surface area contributed by atoms with E-state index < -0.39 is 0 Å². The lowest BCUT2D eigenvalue weighted by molar-refractivity contribution is 0.589. The number of hydrogen-bond donors (Lipinski definition) is 0. The molecule has 2 heterocycles. The molecule has 0 aliphatic carbocycles. The monoisotopic (exact) mass is 391 g/mol. The smallest absolute Gasteiger partial charge is 0.135 e. The molecule has 0 spiro atoms. The first-order valence-electron chi connectivity index (χ1n) is 10.4. The Labute approximate surface area is 177 Å². The first-order chi connectivity index (χ1) is 14.5. The summed E-state index contributed by atoms with van der Waals surface area (Å²) in [5.74, 6) is 0. The molecule has 0 atom stereocenters. The Kier molecular flexibility index (Phi) is 4.43. The number of pyridine rings is 1. The molecule has 0 fully saturated rings. The van der Waals surface area contributed by atoms with Gasteiger partial charge in [0.25, 0.3) is 0 Å². The maximum atomic E-state index is 6.18. The summed E-state index contributed by atoms with van der Waals surface area (Å²) in [4.78, 5) is 4.62. The van der Waals surface area contributed by atoms with Crippen molar-refractivity contribution in [3.8, 4) is 11.3 Å². The number of fused-ring (bicyclic) bond motifs is 3. The molecule has 5 rings (SSSR count). The van der Waals surface area contributed by atoms with Crippen molar-refractivity contribution in [1.82, 2.24) is 4.98 Å². The molecule has 0 aliphatic heterocycles. The van der Waals surface area contributed by atoms with Gasteiger partial charge < -0.3 is 4.42 Å². The van der Waals surface area contributed by atoms with Crippen molar-refractivity contribution in [2.45, 2.75) is 32.6 Å². The van der Waals surface area contributed by atoms with Crippen LogP contribution in [-0.2, 0) is 11.8 Å². The van der Waals surface area contributed by atoms with Gasteiger partial charge in [-0.15, -0.1) is 0 Å². The summed E-state index contributed by atoms with van der Waals surface area (Å²) in [7, 11) is 0. The highest BCUT2D eigenvalue weighted by Crippen LogP contribution is 2.33. The van der Waals surface area contributed by atoms with Crippen LogP contribution < -0.4 is 0 Å². The number of nitrogens with zero attached hydrogens (tertiary/aromatic N) is 1. The number of furan rings is 1. The third-order valence-electron chi connectivity index (χ3n) is 5.71. The summed E-state index contributed by atoms with van der Waals surface area (Å²) >= 11 is 0. The number of aromatic nitrogens is 1. The van der Waals surface area contributed by atoms with Gasteiger partial charge in [-0.05, 0) is 64.9 Å². The van der Waals surface area contributed by atoms with E-state index in [9.17, 15) is 0 Å². The second kappa shape index (κ2) is 7.14. The molecule has 5 aromatic rings. The van der Waals surface area contributed by atoms with Crippen LogP contribution in [0.2, 0.25) is 0 Å². The van der Waals surface area contributed by atoms with Gasteiger partial charge in [-0.1, -0.05) is 63.2 Å². The number of rotatable bonds is 3. The van der Waals surface area contributed by atoms with Gasteiger partial charge in [-0.25, -0.2) is 0 Å². The van der Waals surface area contributed by atoms with Crippen molar-refractivity contribution < 1.29 is 4.42 Å². The van der Waals surface area contributed by atoms with Crippen LogP contribution in [-0.4, -0.2) is 4.98 Å². The van der Waals surface area contributed by atoms with Gasteiger partial charge >= 0.3 is 0 Å². The summed E-state index contributed by atoms with van der Waals surface area (Å²) in [6.45, 7) is 6.68. The standard InChI is InChI=1S/C28H25NO/c1-28(2,3)22-13-14-29-25(18-22)21-10-12-26-24(17-21)23-11-9-20(16-27(23)30-26)15-19-7-5-4-6-8-19/h4-14,16-18H,15H2,1-3H3. The van der Waals surface area contributed by atoms with Crippen molar-refractivity contribution in [1.29, 1.82) is 0 Å². The quantitative estimate of drug-likeness (QED) is 0.317. The second-order valence-corrected chi connectivity index (χ2v) is 8.99. The summed E-state index contributed by atoms with van der Waals surface area (Å²) < 4.78 is 6.18. The van der Waals surface area contributed by atoms with E-state index in [2.05, 4.69) is 105 Å². The fourth-order valence-corrected chi connectivity index (χ4v) is 3.98. The van der Waals surface area contributed by atoms with Crippen LogP contribution in [0.3, 0.4) is 0 Å². The van der Waals surface area contributed by atoms with E-state index in [4.69, 9.17) is 4.42 Å². The van der Waals surface area contributed by atoms with E-state index >= 15 is 0 Å². The average molecular weight is 392 g/mol. The zero-order valence-corrected chi connectivity index (χ0v) is 17.6. The molecule has 30 heavy (non-hydrogen) atoms. The number of hydrogen-bond acceptors (Lipinski definition) is 2. The lowest BCUT2D eigenvalue weighted by atomic mass is 9.87. The lowest BCUT2D eigenvalue weighted by Gasteiger charge is -2.19. The van der Waals surface area contributed by atoms with Crippen LogP contribution in [0.4, 0.5) is 0 Å². The summed E-state index contributed by atoms with van der Waals surface area (Å²) in [5, 5.41) is 2.28. The fourth-order valence-electron chi connectivity index (χ4n) is 3.98. The molecule has 0 amide bonds. The van der Waals surface area contributed by atoms with Crippen molar-refractivity contribution in [2.24, 2.45) is 0 Å². The molecule has 0 saturated carbocycles. The highest BCUT2D eigenvalue weighted by molar-refractivity contribution is 6.06. The van der Waals surface area contributed by atoms with Crippen LogP contribution in [0, 0.1) is 0 Å². The van der Waals surface area contributed by atoms with Gasteiger partial charge in [0.05, 0.1) is 5.69 Å². The third-order valence-corrected chi connectivity index (χ3v) is 5.71. The zero-order valence-electron chi connectivity index (χ0n) is 17.6. The molecule has 2 nitrogen and oxygen atoms in total. The lowest BCUT2D eigenvalue weighted by Crippen LogP contribution is -2.11. The Hall–Kier alpha value is -3.39. The zero-order chi connectivity index (χ0) is 20.7. The molecule has 0 unspecified atom stereocenters. The molecule has 2 aromatic heterocycles. The van der Waals surface area contributed by atoms with E-state index in [-0.39, 0.29) is 5.41 Å². The van der Waals surface area contributed by atoms with E-state index in [1.807, 2.05) is 6.20 Å². The summed E-state index contributed by atoms with van der Waals surface area (Å²) in [5.41, 5.74) is 7.91. The predicted octanol–water partition coefficient (Wildman–Crippen LogP) is 7.54. The highest BCUT2D eigenvalue weighted by Gasteiger charge is 2.15. The molecular weight excluding hydrogens is 366 g/mol. The SMILES string of the molecule is CC(C)(C)c1ccnc(-c2ccc3oc4cc(Cc5ccccc5)ccc4c3c2)c1. The van der Waals surface area contributed by atoms with Crippen LogP contribution in [0.1, 0.15) is 37.5 Å². The molecule has 0 aliphatic rings. The first kappa shape index (κ1) is 18.6. The molecular formula is C28H25NO. The molecule has 148 valence electrons. The van der Waals surface area contributed by atoms with E-state index in [1.54, 1.807) is 0 Å². The Bertz CT molecular complexity index is 1340.